The van der Waals surface area contributed by atoms with Gasteiger partial charge in [-0.2, -0.15) is 17.5 Å². The average molecular weight is 409 g/mol. The molecule has 3 aromatic rings. The summed E-state index contributed by atoms with van der Waals surface area (Å²) in [6.45, 7) is 1.81. The third-order valence-corrected chi connectivity index (χ3v) is 5.07. The van der Waals surface area contributed by atoms with Crippen LogP contribution in [-0.2, 0) is 18.0 Å². The molecule has 0 atom stereocenters. The van der Waals surface area contributed by atoms with Gasteiger partial charge in [0.1, 0.15) is 12.0 Å². The molecular weight excluding hydrogens is 395 g/mol. The molecule has 28 heavy (non-hydrogen) atoms. The van der Waals surface area contributed by atoms with Gasteiger partial charge in [-0.3, -0.25) is 14.2 Å². The van der Waals surface area contributed by atoms with E-state index in [1.807, 2.05) is 6.92 Å². The lowest BCUT2D eigenvalue weighted by atomic mass is 10.1. The van der Waals surface area contributed by atoms with Gasteiger partial charge >= 0.3 is 11.9 Å². The van der Waals surface area contributed by atoms with Crippen molar-refractivity contribution in [2.75, 3.05) is 0 Å². The monoisotopic (exact) mass is 409 g/mol. The number of fused-ring (bicyclic) bond motifs is 1. The van der Waals surface area contributed by atoms with Crippen LogP contribution in [0.5, 0.6) is 0 Å². The topological polar surface area (TPSA) is 74.0 Å². The molecule has 0 bridgehead atoms. The smallest absolute Gasteiger partial charge is 0.298 e. The highest BCUT2D eigenvalue weighted by atomic mass is 32.1. The second-order valence-corrected chi connectivity index (χ2v) is 6.79. The van der Waals surface area contributed by atoms with Crippen LogP contribution in [0.3, 0.4) is 0 Å². The zero-order chi connectivity index (χ0) is 20.6. The third-order valence-electron chi connectivity index (χ3n) is 4.23. The number of carbonyl (C=O) groups excluding carboxylic acids is 1. The van der Waals surface area contributed by atoms with E-state index < -0.39 is 23.1 Å². The van der Waals surface area contributed by atoms with Crippen molar-refractivity contribution in [3.63, 3.8) is 0 Å². The number of allylic oxidation sites excluding steroid dienone is 1. The highest BCUT2D eigenvalue weighted by Crippen LogP contribution is 2.28. The molecule has 0 saturated carbocycles. The quantitative estimate of drug-likeness (QED) is 0.490. The van der Waals surface area contributed by atoms with E-state index in [-0.39, 0.29) is 5.69 Å². The standard InChI is InChI=1S/C18H14F3N3O3S/c1-3-10(9-25)6-13-12-7-11(4-5-14(12)28-22-13)24-16(26)8-15(18(19,20)21)23(2)17(24)27/h4-9H,3H2,1-2H3. The number of halogens is 3. The van der Waals surface area contributed by atoms with E-state index in [1.165, 1.54) is 23.7 Å². The zero-order valence-electron chi connectivity index (χ0n) is 14.8. The Bertz CT molecular complexity index is 1220. The molecule has 0 spiro atoms. The maximum absolute atomic E-state index is 13.0. The second kappa shape index (κ2) is 7.19. The summed E-state index contributed by atoms with van der Waals surface area (Å²) in [7, 11) is 0.956. The van der Waals surface area contributed by atoms with Crippen LogP contribution in [0, 0.1) is 0 Å². The summed E-state index contributed by atoms with van der Waals surface area (Å²) in [6.07, 6.45) is -2.01. The molecule has 0 N–H and O–H groups in total. The average Bonchev–Trinajstić information content (AvgIpc) is 3.04. The van der Waals surface area contributed by atoms with Crippen molar-refractivity contribution in [1.82, 2.24) is 13.5 Å². The van der Waals surface area contributed by atoms with Crippen molar-refractivity contribution >= 4 is 34.0 Å². The third kappa shape index (κ3) is 3.42. The maximum Gasteiger partial charge on any atom is 0.431 e. The number of hydrogen-bond donors (Lipinski definition) is 0. The molecule has 0 radical (unpaired) electrons. The largest absolute Gasteiger partial charge is 0.431 e. The fourth-order valence-electron chi connectivity index (χ4n) is 2.72. The molecule has 0 aliphatic heterocycles. The van der Waals surface area contributed by atoms with E-state index in [0.717, 1.165) is 11.7 Å². The molecule has 3 rings (SSSR count). The summed E-state index contributed by atoms with van der Waals surface area (Å²) in [5, 5.41) is 0.587. The Balaban J connectivity index is 2.24. The summed E-state index contributed by atoms with van der Waals surface area (Å²) in [6, 6.07) is 4.97. The van der Waals surface area contributed by atoms with Gasteiger partial charge in [0.15, 0.2) is 0 Å². The molecule has 0 unspecified atom stereocenters. The SMILES string of the molecule is CCC(C=O)=Cc1nsc2ccc(-n3c(=O)cc(C(F)(F)F)n(C)c3=O)cc12. The minimum atomic E-state index is -4.82. The Morgan fingerprint density at radius 3 is 2.57 bits per heavy atom. The predicted octanol–water partition coefficient (Wildman–Crippen LogP) is 3.16. The van der Waals surface area contributed by atoms with Gasteiger partial charge in [-0.15, -0.1) is 0 Å². The van der Waals surface area contributed by atoms with E-state index in [1.54, 1.807) is 12.1 Å². The van der Waals surface area contributed by atoms with E-state index in [2.05, 4.69) is 4.37 Å². The molecule has 6 nitrogen and oxygen atoms in total. The fourth-order valence-corrected chi connectivity index (χ4v) is 3.46. The van der Waals surface area contributed by atoms with Crippen LogP contribution in [0.25, 0.3) is 21.8 Å². The van der Waals surface area contributed by atoms with Gasteiger partial charge in [0.25, 0.3) is 5.56 Å². The minimum Gasteiger partial charge on any atom is -0.298 e. The highest BCUT2D eigenvalue weighted by molar-refractivity contribution is 7.13. The number of aromatic nitrogens is 3. The minimum absolute atomic E-state index is 0.117. The van der Waals surface area contributed by atoms with Gasteiger partial charge in [0, 0.05) is 18.5 Å². The number of carbonyl (C=O) groups is 1. The van der Waals surface area contributed by atoms with Crippen molar-refractivity contribution in [1.29, 1.82) is 0 Å². The van der Waals surface area contributed by atoms with Crippen LogP contribution in [0.2, 0.25) is 0 Å². The summed E-state index contributed by atoms with van der Waals surface area (Å²) >= 11 is 1.17. The molecule has 10 heteroatoms. The normalized spacial score (nSPS) is 12.5. The zero-order valence-corrected chi connectivity index (χ0v) is 15.6. The Morgan fingerprint density at radius 2 is 1.96 bits per heavy atom. The van der Waals surface area contributed by atoms with Crippen LogP contribution >= 0.6 is 11.5 Å². The number of rotatable bonds is 4. The first-order chi connectivity index (χ1) is 13.2. The van der Waals surface area contributed by atoms with Crippen molar-refractivity contribution in [3.8, 4) is 5.69 Å². The fraction of sp³-hybridized carbons (Fsp3) is 0.222. The first kappa shape index (κ1) is 19.7. The number of aldehydes is 1. The van der Waals surface area contributed by atoms with Crippen LogP contribution in [-0.4, -0.2) is 19.8 Å². The molecule has 2 aromatic heterocycles. The van der Waals surface area contributed by atoms with Gasteiger partial charge in [-0.1, -0.05) is 6.92 Å². The maximum atomic E-state index is 13.0. The Kier molecular flexibility index (Phi) is 5.07. The molecule has 0 saturated heterocycles. The van der Waals surface area contributed by atoms with Gasteiger partial charge in [-0.25, -0.2) is 9.36 Å². The Morgan fingerprint density at radius 1 is 1.25 bits per heavy atom. The van der Waals surface area contributed by atoms with Crippen molar-refractivity contribution in [2.24, 2.45) is 7.05 Å². The van der Waals surface area contributed by atoms with Gasteiger partial charge in [-0.05, 0) is 47.8 Å². The van der Waals surface area contributed by atoms with Crippen LogP contribution in [0.1, 0.15) is 24.7 Å². The van der Waals surface area contributed by atoms with Gasteiger partial charge in [0.05, 0.1) is 16.1 Å². The second-order valence-electron chi connectivity index (χ2n) is 5.98. The van der Waals surface area contributed by atoms with Gasteiger partial charge in [0.2, 0.25) is 0 Å². The lowest BCUT2D eigenvalue weighted by Crippen LogP contribution is -2.40. The lowest BCUT2D eigenvalue weighted by Gasteiger charge is -2.14. The highest BCUT2D eigenvalue weighted by Gasteiger charge is 2.35. The number of benzene rings is 1. The Hall–Kier alpha value is -3.01. The molecule has 2 heterocycles. The number of alkyl halides is 3. The molecule has 0 aliphatic carbocycles. The number of hydrogen-bond acceptors (Lipinski definition) is 5. The van der Waals surface area contributed by atoms with Crippen molar-refractivity contribution < 1.29 is 18.0 Å². The first-order valence-electron chi connectivity index (χ1n) is 8.13. The summed E-state index contributed by atoms with van der Waals surface area (Å²) in [4.78, 5) is 35.8. The van der Waals surface area contributed by atoms with Gasteiger partial charge < -0.3 is 0 Å². The molecule has 146 valence electrons. The molecule has 0 fully saturated rings. The Labute approximate surface area is 160 Å². The van der Waals surface area contributed by atoms with Crippen LogP contribution in [0.15, 0.2) is 39.4 Å². The van der Waals surface area contributed by atoms with E-state index in [0.29, 0.717) is 44.6 Å². The first-order valence-corrected chi connectivity index (χ1v) is 8.90. The molecule has 0 aliphatic rings. The number of nitrogens with zero attached hydrogens (tertiary/aromatic N) is 3. The van der Waals surface area contributed by atoms with Crippen LogP contribution < -0.4 is 11.2 Å². The van der Waals surface area contributed by atoms with E-state index >= 15 is 0 Å². The summed E-state index contributed by atoms with van der Waals surface area (Å²) in [5.74, 6) is 0. The van der Waals surface area contributed by atoms with E-state index in [4.69, 9.17) is 0 Å². The lowest BCUT2D eigenvalue weighted by molar-refractivity contribution is -0.144. The molecule has 0 amide bonds. The molecule has 1 aromatic carbocycles. The van der Waals surface area contributed by atoms with Crippen LogP contribution in [0.4, 0.5) is 13.2 Å². The summed E-state index contributed by atoms with van der Waals surface area (Å²) < 4.78 is 45.1. The summed E-state index contributed by atoms with van der Waals surface area (Å²) in [5.41, 5.74) is -2.40. The predicted molar refractivity (Wildman–Crippen MR) is 99.8 cm³/mol. The molecular formula is C18H14F3N3O3S. The van der Waals surface area contributed by atoms with E-state index in [9.17, 15) is 27.6 Å². The van der Waals surface area contributed by atoms with Crippen molar-refractivity contribution in [3.05, 3.63) is 62.1 Å². The van der Waals surface area contributed by atoms with Crippen molar-refractivity contribution in [2.45, 2.75) is 19.5 Å².